The summed E-state index contributed by atoms with van der Waals surface area (Å²) in [5.74, 6) is 0.495. The summed E-state index contributed by atoms with van der Waals surface area (Å²) in [6.07, 6.45) is 5.67. The van der Waals surface area contributed by atoms with Crippen LogP contribution in [0.5, 0.6) is 0 Å². The molecule has 2 aliphatic rings. The molecule has 1 aliphatic carbocycles. The summed E-state index contributed by atoms with van der Waals surface area (Å²) in [6.45, 7) is 10.2. The number of nitrogens with zero attached hydrogens (tertiary/aromatic N) is 1. The number of likely N-dealkylation sites (tertiary alicyclic amines) is 1. The van der Waals surface area contributed by atoms with Gasteiger partial charge in [-0.2, -0.15) is 0 Å². The highest BCUT2D eigenvalue weighted by Gasteiger charge is 2.42. The lowest BCUT2D eigenvalue weighted by Gasteiger charge is -2.47. The van der Waals surface area contributed by atoms with Crippen LogP contribution in [-0.4, -0.2) is 47.4 Å². The first kappa shape index (κ1) is 14.3. The molecule has 1 heterocycles. The number of piperidine rings is 1. The number of ether oxygens (including phenoxy) is 1. The molecule has 3 heteroatoms. The molecule has 2 unspecified atom stereocenters. The van der Waals surface area contributed by atoms with Gasteiger partial charge in [0, 0.05) is 25.6 Å². The number of hydrogen-bond acceptors (Lipinski definition) is 3. The molecule has 2 atom stereocenters. The Morgan fingerprint density at radius 1 is 1.28 bits per heavy atom. The Balaban J connectivity index is 1.76. The number of aliphatic hydroxyl groups is 1. The highest BCUT2D eigenvalue weighted by Crippen LogP contribution is 2.39. The zero-order valence-corrected chi connectivity index (χ0v) is 12.2. The quantitative estimate of drug-likeness (QED) is 0.840. The molecule has 1 N–H and O–H groups in total. The van der Waals surface area contributed by atoms with E-state index in [0.717, 1.165) is 39.1 Å². The number of hydrogen-bond donors (Lipinski definition) is 1. The van der Waals surface area contributed by atoms with Gasteiger partial charge in [0.2, 0.25) is 0 Å². The summed E-state index contributed by atoms with van der Waals surface area (Å²) in [4.78, 5) is 2.47. The van der Waals surface area contributed by atoms with E-state index in [9.17, 15) is 5.11 Å². The van der Waals surface area contributed by atoms with Gasteiger partial charge in [0.15, 0.2) is 0 Å². The van der Waals surface area contributed by atoms with Crippen LogP contribution in [0.4, 0.5) is 0 Å². The van der Waals surface area contributed by atoms with E-state index in [0.29, 0.717) is 5.92 Å². The normalized spacial score (nSPS) is 34.3. The summed E-state index contributed by atoms with van der Waals surface area (Å²) in [5.41, 5.74) is -0.388. The molecule has 0 aromatic carbocycles. The first-order chi connectivity index (χ1) is 8.39. The SMILES string of the molecule is CC(C)(C)OCCN1CCC2(O)CCCCC2C1. The van der Waals surface area contributed by atoms with E-state index in [2.05, 4.69) is 25.7 Å². The Hall–Kier alpha value is -0.120. The van der Waals surface area contributed by atoms with Gasteiger partial charge in [-0.3, -0.25) is 0 Å². The van der Waals surface area contributed by atoms with Crippen LogP contribution in [-0.2, 0) is 4.74 Å². The molecule has 18 heavy (non-hydrogen) atoms. The van der Waals surface area contributed by atoms with Crippen molar-refractivity contribution in [2.24, 2.45) is 5.92 Å². The maximum atomic E-state index is 10.6. The molecule has 2 fully saturated rings. The van der Waals surface area contributed by atoms with Gasteiger partial charge in [-0.1, -0.05) is 12.8 Å². The van der Waals surface area contributed by atoms with Gasteiger partial charge < -0.3 is 14.7 Å². The van der Waals surface area contributed by atoms with E-state index in [1.54, 1.807) is 0 Å². The third-order valence-electron chi connectivity index (χ3n) is 4.45. The second-order valence-electron chi connectivity index (χ2n) is 7.06. The molecule has 0 radical (unpaired) electrons. The first-order valence-corrected chi connectivity index (χ1v) is 7.48. The monoisotopic (exact) mass is 255 g/mol. The van der Waals surface area contributed by atoms with Crippen molar-refractivity contribution in [2.75, 3.05) is 26.2 Å². The van der Waals surface area contributed by atoms with Crippen LogP contribution < -0.4 is 0 Å². The summed E-state index contributed by atoms with van der Waals surface area (Å²) < 4.78 is 5.79. The Morgan fingerprint density at radius 2 is 2.06 bits per heavy atom. The molecule has 0 aromatic heterocycles. The van der Waals surface area contributed by atoms with E-state index >= 15 is 0 Å². The van der Waals surface area contributed by atoms with Gasteiger partial charge >= 0.3 is 0 Å². The Kier molecular flexibility index (Phi) is 4.35. The van der Waals surface area contributed by atoms with E-state index in [4.69, 9.17) is 4.74 Å². The van der Waals surface area contributed by atoms with Crippen molar-refractivity contribution in [3.05, 3.63) is 0 Å². The maximum Gasteiger partial charge on any atom is 0.0700 e. The standard InChI is InChI=1S/C15H29NO2/c1-14(2,3)18-11-10-16-9-8-15(17)7-5-4-6-13(15)12-16/h13,17H,4-12H2,1-3H3. The average Bonchev–Trinajstić information content (AvgIpc) is 2.27. The highest BCUT2D eigenvalue weighted by molar-refractivity contribution is 4.95. The Morgan fingerprint density at radius 3 is 2.78 bits per heavy atom. The Bertz CT molecular complexity index is 274. The Labute approximate surface area is 112 Å². The smallest absolute Gasteiger partial charge is 0.0700 e. The zero-order chi connectivity index (χ0) is 13.2. The minimum Gasteiger partial charge on any atom is -0.390 e. The second kappa shape index (κ2) is 5.48. The minimum atomic E-state index is -0.348. The van der Waals surface area contributed by atoms with Crippen molar-refractivity contribution in [2.45, 2.75) is 64.1 Å². The molecule has 1 saturated heterocycles. The fourth-order valence-corrected chi connectivity index (χ4v) is 3.32. The third kappa shape index (κ3) is 3.69. The summed E-state index contributed by atoms with van der Waals surface area (Å²) in [6, 6.07) is 0. The fourth-order valence-electron chi connectivity index (χ4n) is 3.32. The predicted molar refractivity (Wildman–Crippen MR) is 73.7 cm³/mol. The van der Waals surface area contributed by atoms with Crippen LogP contribution in [0, 0.1) is 5.92 Å². The van der Waals surface area contributed by atoms with Gasteiger partial charge in [-0.15, -0.1) is 0 Å². The maximum absolute atomic E-state index is 10.6. The van der Waals surface area contributed by atoms with Gasteiger partial charge in [0.25, 0.3) is 0 Å². The molecule has 1 saturated carbocycles. The molecule has 106 valence electrons. The summed E-state index contributed by atoms with van der Waals surface area (Å²) >= 11 is 0. The molecular formula is C15H29NO2. The van der Waals surface area contributed by atoms with Gasteiger partial charge in [0.05, 0.1) is 17.8 Å². The first-order valence-electron chi connectivity index (χ1n) is 7.48. The summed E-state index contributed by atoms with van der Waals surface area (Å²) in [7, 11) is 0. The molecule has 0 amide bonds. The number of rotatable bonds is 3. The van der Waals surface area contributed by atoms with Crippen molar-refractivity contribution in [3.63, 3.8) is 0 Å². The average molecular weight is 255 g/mol. The fraction of sp³-hybridized carbons (Fsp3) is 1.00. The van der Waals surface area contributed by atoms with Crippen LogP contribution in [0.15, 0.2) is 0 Å². The molecule has 0 spiro atoms. The van der Waals surface area contributed by atoms with Crippen molar-refractivity contribution >= 4 is 0 Å². The predicted octanol–water partition coefficient (Wildman–Crippen LogP) is 2.43. The van der Waals surface area contributed by atoms with Gasteiger partial charge in [-0.05, 0) is 40.0 Å². The van der Waals surface area contributed by atoms with Crippen LogP contribution in [0.1, 0.15) is 52.9 Å². The van der Waals surface area contributed by atoms with E-state index in [1.165, 1.54) is 19.3 Å². The van der Waals surface area contributed by atoms with Crippen molar-refractivity contribution in [1.29, 1.82) is 0 Å². The van der Waals surface area contributed by atoms with E-state index in [1.807, 2.05) is 0 Å². The van der Waals surface area contributed by atoms with Crippen LogP contribution >= 0.6 is 0 Å². The van der Waals surface area contributed by atoms with Crippen LogP contribution in [0.3, 0.4) is 0 Å². The number of fused-ring (bicyclic) bond motifs is 1. The lowest BCUT2D eigenvalue weighted by molar-refractivity contribution is -0.102. The highest BCUT2D eigenvalue weighted by atomic mass is 16.5. The van der Waals surface area contributed by atoms with E-state index < -0.39 is 0 Å². The van der Waals surface area contributed by atoms with Crippen LogP contribution in [0.25, 0.3) is 0 Å². The molecule has 0 bridgehead atoms. The molecular weight excluding hydrogens is 226 g/mol. The summed E-state index contributed by atoms with van der Waals surface area (Å²) in [5, 5.41) is 10.6. The van der Waals surface area contributed by atoms with Gasteiger partial charge in [0.1, 0.15) is 0 Å². The zero-order valence-electron chi connectivity index (χ0n) is 12.2. The second-order valence-corrected chi connectivity index (χ2v) is 7.06. The topological polar surface area (TPSA) is 32.7 Å². The van der Waals surface area contributed by atoms with Crippen LogP contribution in [0.2, 0.25) is 0 Å². The molecule has 3 nitrogen and oxygen atoms in total. The third-order valence-corrected chi connectivity index (χ3v) is 4.45. The van der Waals surface area contributed by atoms with Crippen molar-refractivity contribution in [1.82, 2.24) is 4.90 Å². The lowest BCUT2D eigenvalue weighted by atomic mass is 9.71. The van der Waals surface area contributed by atoms with Crippen molar-refractivity contribution < 1.29 is 9.84 Å². The largest absolute Gasteiger partial charge is 0.390 e. The minimum absolute atomic E-state index is 0.0403. The lowest BCUT2D eigenvalue weighted by Crippen LogP contribution is -2.53. The molecule has 2 rings (SSSR count). The molecule has 0 aromatic rings. The molecule has 1 aliphatic heterocycles. The van der Waals surface area contributed by atoms with Gasteiger partial charge in [-0.25, -0.2) is 0 Å². The van der Waals surface area contributed by atoms with Crippen molar-refractivity contribution in [3.8, 4) is 0 Å². The van der Waals surface area contributed by atoms with E-state index in [-0.39, 0.29) is 11.2 Å².